The molecular weight excluding hydrogens is 376 g/mol. The summed E-state index contributed by atoms with van der Waals surface area (Å²) in [6.07, 6.45) is -0.958. The van der Waals surface area contributed by atoms with Crippen molar-refractivity contribution in [3.63, 3.8) is 0 Å². The first-order chi connectivity index (χ1) is 13.2. The van der Waals surface area contributed by atoms with Crippen LogP contribution in [0, 0.1) is 0 Å². The lowest BCUT2D eigenvalue weighted by Crippen LogP contribution is -2.46. The van der Waals surface area contributed by atoms with Crippen molar-refractivity contribution in [1.82, 2.24) is 20.1 Å². The Balaban J connectivity index is 1.86. The van der Waals surface area contributed by atoms with Gasteiger partial charge >= 0.3 is 5.97 Å². The smallest absolute Gasteiger partial charge is 0.379 e. The largest absolute Gasteiger partial charge is 0.447 e. The molecule has 0 aliphatic carbocycles. The number of para-hydroxylation sites is 1. The Labute approximate surface area is 167 Å². The van der Waals surface area contributed by atoms with E-state index >= 15 is 0 Å². The molecule has 0 saturated carbocycles. The van der Waals surface area contributed by atoms with Crippen molar-refractivity contribution < 1.29 is 14.3 Å². The van der Waals surface area contributed by atoms with Gasteiger partial charge in [-0.3, -0.25) is 4.79 Å². The second-order valence-corrected chi connectivity index (χ2v) is 8.22. The van der Waals surface area contributed by atoms with Crippen LogP contribution in [-0.2, 0) is 9.53 Å². The van der Waals surface area contributed by atoms with Crippen LogP contribution in [0.25, 0.3) is 16.4 Å². The third kappa shape index (κ3) is 4.64. The molecule has 0 saturated heterocycles. The summed E-state index contributed by atoms with van der Waals surface area (Å²) < 4.78 is 6.88. The number of ether oxygens (including phenoxy) is 1. The van der Waals surface area contributed by atoms with Crippen LogP contribution in [0.4, 0.5) is 0 Å². The van der Waals surface area contributed by atoms with Crippen LogP contribution >= 0.6 is 11.3 Å². The summed E-state index contributed by atoms with van der Waals surface area (Å²) in [7, 11) is 0. The molecule has 2 aromatic heterocycles. The van der Waals surface area contributed by atoms with E-state index in [0.29, 0.717) is 5.82 Å². The highest BCUT2D eigenvalue weighted by Crippen LogP contribution is 2.25. The van der Waals surface area contributed by atoms with Crippen LogP contribution in [-0.4, -0.2) is 38.3 Å². The number of aromatic nitrogens is 3. The molecule has 146 valence electrons. The Bertz CT molecular complexity index is 959. The van der Waals surface area contributed by atoms with Crippen molar-refractivity contribution in [2.24, 2.45) is 0 Å². The number of carbonyl (C=O) groups excluding carboxylic acids is 2. The number of nitrogens with one attached hydrogen (secondary N) is 1. The van der Waals surface area contributed by atoms with Gasteiger partial charge in [-0.05, 0) is 51.3 Å². The van der Waals surface area contributed by atoms with E-state index in [1.54, 1.807) is 4.68 Å². The third-order valence-electron chi connectivity index (χ3n) is 3.68. The fourth-order valence-electron chi connectivity index (χ4n) is 2.45. The van der Waals surface area contributed by atoms with Crippen molar-refractivity contribution >= 4 is 23.2 Å². The Morgan fingerprint density at radius 1 is 1.14 bits per heavy atom. The van der Waals surface area contributed by atoms with Gasteiger partial charge in [0, 0.05) is 5.54 Å². The van der Waals surface area contributed by atoms with Gasteiger partial charge in [0.05, 0.1) is 10.6 Å². The maximum atomic E-state index is 12.6. The lowest BCUT2D eigenvalue weighted by molar-refractivity contribution is -0.130. The summed E-state index contributed by atoms with van der Waals surface area (Å²) in [5.41, 5.74) is 0.355. The van der Waals surface area contributed by atoms with E-state index in [4.69, 9.17) is 4.74 Å². The molecule has 28 heavy (non-hydrogen) atoms. The van der Waals surface area contributed by atoms with E-state index in [1.165, 1.54) is 18.3 Å². The summed E-state index contributed by atoms with van der Waals surface area (Å²) >= 11 is 1.50. The van der Waals surface area contributed by atoms with Gasteiger partial charge < -0.3 is 10.1 Å². The molecule has 3 aromatic rings. The maximum absolute atomic E-state index is 12.6. The highest BCUT2D eigenvalue weighted by atomic mass is 32.1. The standard InChI is InChI=1S/C20H22N4O3S/c1-13(18(25)22-20(2,3)4)27-19(26)16-21-17(15-11-8-12-28-15)24(23-16)14-9-6-5-7-10-14/h5-13H,1-4H3,(H,22,25). The van der Waals surface area contributed by atoms with Gasteiger partial charge in [0.15, 0.2) is 11.9 Å². The molecule has 1 unspecified atom stereocenters. The highest BCUT2D eigenvalue weighted by molar-refractivity contribution is 7.13. The van der Waals surface area contributed by atoms with Gasteiger partial charge in [-0.15, -0.1) is 16.4 Å². The fraction of sp³-hybridized carbons (Fsp3) is 0.300. The zero-order valence-corrected chi connectivity index (χ0v) is 17.0. The summed E-state index contributed by atoms with van der Waals surface area (Å²) in [4.78, 5) is 30.0. The molecule has 0 bridgehead atoms. The van der Waals surface area contributed by atoms with Crippen molar-refractivity contribution in [1.29, 1.82) is 0 Å². The molecule has 0 aliphatic heterocycles. The first-order valence-corrected chi connectivity index (χ1v) is 9.72. The number of carbonyl (C=O) groups is 2. The molecule has 0 fully saturated rings. The van der Waals surface area contributed by atoms with Gasteiger partial charge in [-0.1, -0.05) is 24.3 Å². The number of hydrogen-bond donors (Lipinski definition) is 1. The van der Waals surface area contributed by atoms with Crippen LogP contribution < -0.4 is 5.32 Å². The molecule has 3 rings (SSSR count). The molecule has 1 N–H and O–H groups in total. The number of thiophene rings is 1. The predicted molar refractivity (Wildman–Crippen MR) is 107 cm³/mol. The molecular formula is C20H22N4O3S. The minimum atomic E-state index is -0.958. The number of amides is 1. The first-order valence-electron chi connectivity index (χ1n) is 8.84. The molecule has 0 aliphatic rings. The molecule has 2 heterocycles. The van der Waals surface area contributed by atoms with Crippen LogP contribution in [0.2, 0.25) is 0 Å². The number of esters is 1. The minimum absolute atomic E-state index is 0.0948. The van der Waals surface area contributed by atoms with Crippen LogP contribution in [0.1, 0.15) is 38.3 Å². The van der Waals surface area contributed by atoms with Crippen LogP contribution in [0.15, 0.2) is 47.8 Å². The molecule has 0 radical (unpaired) electrons. The Kier molecular flexibility index (Phi) is 5.60. The van der Waals surface area contributed by atoms with E-state index in [2.05, 4.69) is 15.4 Å². The molecule has 1 atom stereocenters. The molecule has 1 aromatic carbocycles. The van der Waals surface area contributed by atoms with Crippen molar-refractivity contribution in [3.05, 3.63) is 53.7 Å². The Morgan fingerprint density at radius 2 is 1.86 bits per heavy atom. The number of hydrogen-bond acceptors (Lipinski definition) is 6. The summed E-state index contributed by atoms with van der Waals surface area (Å²) in [5.74, 6) is -0.673. The second-order valence-electron chi connectivity index (χ2n) is 7.27. The maximum Gasteiger partial charge on any atom is 0.379 e. The quantitative estimate of drug-likeness (QED) is 0.665. The summed E-state index contributed by atoms with van der Waals surface area (Å²) in [5, 5.41) is 9.04. The average Bonchev–Trinajstić information content (AvgIpc) is 3.30. The SMILES string of the molecule is CC(OC(=O)c1nc(-c2cccs2)n(-c2ccccc2)n1)C(=O)NC(C)(C)C. The van der Waals surface area contributed by atoms with Gasteiger partial charge in [-0.2, -0.15) is 4.98 Å². The van der Waals surface area contributed by atoms with Crippen molar-refractivity contribution in [3.8, 4) is 16.4 Å². The number of rotatable bonds is 5. The third-order valence-corrected chi connectivity index (χ3v) is 4.55. The minimum Gasteiger partial charge on any atom is -0.447 e. The molecule has 0 spiro atoms. The van der Waals surface area contributed by atoms with Gasteiger partial charge in [0.1, 0.15) is 0 Å². The summed E-state index contributed by atoms with van der Waals surface area (Å²) in [6, 6.07) is 13.2. The first kappa shape index (κ1) is 19.8. The van der Waals surface area contributed by atoms with E-state index in [-0.39, 0.29) is 11.7 Å². The van der Waals surface area contributed by atoms with Crippen LogP contribution in [0.3, 0.4) is 0 Å². The number of nitrogens with zero attached hydrogens (tertiary/aromatic N) is 3. The fourth-order valence-corrected chi connectivity index (χ4v) is 3.15. The van der Waals surface area contributed by atoms with Crippen molar-refractivity contribution in [2.45, 2.75) is 39.3 Å². The normalized spacial score (nSPS) is 12.4. The van der Waals surface area contributed by atoms with Gasteiger partial charge in [0.25, 0.3) is 11.7 Å². The van der Waals surface area contributed by atoms with Gasteiger partial charge in [0.2, 0.25) is 0 Å². The zero-order chi connectivity index (χ0) is 20.3. The monoisotopic (exact) mass is 398 g/mol. The Hall–Kier alpha value is -3.00. The van der Waals surface area contributed by atoms with Crippen molar-refractivity contribution in [2.75, 3.05) is 0 Å². The lowest BCUT2D eigenvalue weighted by Gasteiger charge is -2.22. The van der Waals surface area contributed by atoms with E-state index in [1.807, 2.05) is 68.6 Å². The van der Waals surface area contributed by atoms with Crippen LogP contribution in [0.5, 0.6) is 0 Å². The number of benzene rings is 1. The lowest BCUT2D eigenvalue weighted by atomic mass is 10.1. The summed E-state index contributed by atoms with van der Waals surface area (Å²) in [6.45, 7) is 7.09. The van der Waals surface area contributed by atoms with Gasteiger partial charge in [-0.25, -0.2) is 9.48 Å². The molecule has 8 heteroatoms. The van der Waals surface area contributed by atoms with E-state index < -0.39 is 17.6 Å². The highest BCUT2D eigenvalue weighted by Gasteiger charge is 2.26. The second kappa shape index (κ2) is 7.93. The zero-order valence-electron chi connectivity index (χ0n) is 16.2. The molecule has 1 amide bonds. The topological polar surface area (TPSA) is 86.1 Å². The van der Waals surface area contributed by atoms with E-state index in [0.717, 1.165) is 10.6 Å². The average molecular weight is 398 g/mol. The predicted octanol–water partition coefficient (Wildman–Crippen LogP) is 3.46. The Morgan fingerprint density at radius 3 is 2.46 bits per heavy atom. The van der Waals surface area contributed by atoms with E-state index in [9.17, 15) is 9.59 Å². The molecule has 7 nitrogen and oxygen atoms in total.